The maximum absolute atomic E-state index is 10.7. The number of rotatable bonds is 6. The summed E-state index contributed by atoms with van der Waals surface area (Å²) in [6.07, 6.45) is 2.38. The van der Waals surface area contributed by atoms with E-state index in [-0.39, 0.29) is 5.92 Å². The van der Waals surface area contributed by atoms with Crippen molar-refractivity contribution in [2.45, 2.75) is 46.6 Å². The van der Waals surface area contributed by atoms with Crippen molar-refractivity contribution in [1.29, 1.82) is 0 Å². The van der Waals surface area contributed by atoms with Crippen LogP contribution in [0.3, 0.4) is 0 Å². The molecule has 16 heavy (non-hydrogen) atoms. The Kier molecular flexibility index (Phi) is 4.52. The SMILES string of the molecule is CCc1cc(CCC(C)C(=O)O)n(CC)n1. The number of aliphatic carboxylic acids is 1. The van der Waals surface area contributed by atoms with Gasteiger partial charge in [-0.3, -0.25) is 9.48 Å². The number of hydrogen-bond donors (Lipinski definition) is 1. The second-order valence-electron chi connectivity index (χ2n) is 4.07. The molecule has 4 nitrogen and oxygen atoms in total. The summed E-state index contributed by atoms with van der Waals surface area (Å²) in [4.78, 5) is 10.7. The summed E-state index contributed by atoms with van der Waals surface area (Å²) < 4.78 is 1.97. The summed E-state index contributed by atoms with van der Waals surface area (Å²) in [6.45, 7) is 6.72. The van der Waals surface area contributed by atoms with E-state index < -0.39 is 5.97 Å². The van der Waals surface area contributed by atoms with Gasteiger partial charge in [-0.2, -0.15) is 5.10 Å². The molecule has 0 amide bonds. The van der Waals surface area contributed by atoms with Gasteiger partial charge >= 0.3 is 5.97 Å². The number of carboxylic acid groups (broad SMARTS) is 1. The Hall–Kier alpha value is -1.32. The molecule has 0 radical (unpaired) electrons. The van der Waals surface area contributed by atoms with Crippen LogP contribution in [-0.4, -0.2) is 20.9 Å². The normalized spacial score (nSPS) is 12.7. The summed E-state index contributed by atoms with van der Waals surface area (Å²) >= 11 is 0. The molecule has 0 aliphatic heterocycles. The lowest BCUT2D eigenvalue weighted by molar-refractivity contribution is -0.141. The second-order valence-corrected chi connectivity index (χ2v) is 4.07. The molecule has 0 saturated heterocycles. The largest absolute Gasteiger partial charge is 0.481 e. The van der Waals surface area contributed by atoms with Gasteiger partial charge < -0.3 is 5.11 Å². The number of nitrogens with zero attached hydrogens (tertiary/aromatic N) is 2. The third kappa shape index (κ3) is 3.08. The lowest BCUT2D eigenvalue weighted by Gasteiger charge is -2.07. The van der Waals surface area contributed by atoms with E-state index in [9.17, 15) is 4.79 Å². The van der Waals surface area contributed by atoms with Gasteiger partial charge in [-0.05, 0) is 32.3 Å². The van der Waals surface area contributed by atoms with Crippen molar-refractivity contribution < 1.29 is 9.90 Å². The van der Waals surface area contributed by atoms with Gasteiger partial charge in [0.25, 0.3) is 0 Å². The molecule has 1 rings (SSSR count). The summed E-state index contributed by atoms with van der Waals surface area (Å²) in [6, 6.07) is 2.08. The quantitative estimate of drug-likeness (QED) is 0.805. The highest BCUT2D eigenvalue weighted by molar-refractivity contribution is 5.69. The Morgan fingerprint density at radius 1 is 1.56 bits per heavy atom. The average molecular weight is 224 g/mol. The van der Waals surface area contributed by atoms with Gasteiger partial charge in [0, 0.05) is 12.2 Å². The lowest BCUT2D eigenvalue weighted by Crippen LogP contribution is -2.12. The maximum atomic E-state index is 10.7. The van der Waals surface area contributed by atoms with Crippen LogP contribution >= 0.6 is 0 Å². The van der Waals surface area contributed by atoms with Crippen molar-refractivity contribution in [1.82, 2.24) is 9.78 Å². The van der Waals surface area contributed by atoms with Crippen molar-refractivity contribution in [2.75, 3.05) is 0 Å². The Morgan fingerprint density at radius 2 is 2.25 bits per heavy atom. The molecule has 0 spiro atoms. The molecule has 0 aliphatic rings. The predicted molar refractivity (Wildman–Crippen MR) is 62.4 cm³/mol. The molecule has 0 aliphatic carbocycles. The minimum Gasteiger partial charge on any atom is -0.481 e. The zero-order valence-corrected chi connectivity index (χ0v) is 10.2. The van der Waals surface area contributed by atoms with Crippen molar-refractivity contribution in [2.24, 2.45) is 5.92 Å². The summed E-state index contributed by atoms with van der Waals surface area (Å²) in [5.74, 6) is -1.01. The molecule has 1 unspecified atom stereocenters. The van der Waals surface area contributed by atoms with Crippen LogP contribution in [0.4, 0.5) is 0 Å². The van der Waals surface area contributed by atoms with Crippen LogP contribution in [0, 0.1) is 5.92 Å². The third-order valence-corrected chi connectivity index (χ3v) is 2.83. The zero-order valence-electron chi connectivity index (χ0n) is 10.2. The molecule has 0 saturated carbocycles. The number of aryl methyl sites for hydroxylation is 3. The van der Waals surface area contributed by atoms with Crippen LogP contribution in [-0.2, 0) is 24.2 Å². The fraction of sp³-hybridized carbons (Fsp3) is 0.667. The van der Waals surface area contributed by atoms with Crippen LogP contribution in [0.5, 0.6) is 0 Å². The van der Waals surface area contributed by atoms with Gasteiger partial charge in [-0.1, -0.05) is 13.8 Å². The zero-order chi connectivity index (χ0) is 12.1. The standard InChI is InChI=1S/C12H20N2O2/c1-4-10-8-11(14(5-2)13-10)7-6-9(3)12(15)16/h8-9H,4-7H2,1-3H3,(H,15,16). The topological polar surface area (TPSA) is 55.1 Å². The van der Waals surface area contributed by atoms with E-state index in [1.165, 1.54) is 0 Å². The Labute approximate surface area is 96.3 Å². The summed E-state index contributed by atoms with van der Waals surface area (Å²) in [5.41, 5.74) is 2.23. The first-order valence-corrected chi connectivity index (χ1v) is 5.86. The van der Waals surface area contributed by atoms with E-state index in [1.807, 2.05) is 4.68 Å². The molecule has 1 atom stereocenters. The fourth-order valence-electron chi connectivity index (χ4n) is 1.65. The molecular formula is C12H20N2O2. The molecule has 0 fully saturated rings. The molecule has 1 heterocycles. The van der Waals surface area contributed by atoms with E-state index in [2.05, 4.69) is 25.0 Å². The highest BCUT2D eigenvalue weighted by Crippen LogP contribution is 2.12. The highest BCUT2D eigenvalue weighted by Gasteiger charge is 2.13. The molecule has 1 N–H and O–H groups in total. The number of carbonyl (C=O) groups is 1. The van der Waals surface area contributed by atoms with Gasteiger partial charge in [-0.25, -0.2) is 0 Å². The third-order valence-electron chi connectivity index (χ3n) is 2.83. The molecule has 4 heteroatoms. The number of aromatic nitrogens is 2. The fourth-order valence-corrected chi connectivity index (χ4v) is 1.65. The van der Waals surface area contributed by atoms with E-state index in [0.717, 1.165) is 30.8 Å². The van der Waals surface area contributed by atoms with Crippen molar-refractivity contribution in [3.8, 4) is 0 Å². The molecule has 1 aromatic heterocycles. The van der Waals surface area contributed by atoms with Crippen molar-refractivity contribution >= 4 is 5.97 Å². The summed E-state index contributed by atoms with van der Waals surface area (Å²) in [5, 5.41) is 13.3. The van der Waals surface area contributed by atoms with E-state index in [4.69, 9.17) is 5.11 Å². The molecule has 1 aromatic rings. The summed E-state index contributed by atoms with van der Waals surface area (Å²) in [7, 11) is 0. The Bertz CT molecular complexity index is 358. The van der Waals surface area contributed by atoms with Crippen LogP contribution < -0.4 is 0 Å². The molecular weight excluding hydrogens is 204 g/mol. The van der Waals surface area contributed by atoms with Gasteiger partial charge in [0.1, 0.15) is 0 Å². The predicted octanol–water partition coefficient (Wildman–Crippen LogP) is 2.12. The van der Waals surface area contributed by atoms with E-state index in [0.29, 0.717) is 6.42 Å². The van der Waals surface area contributed by atoms with Crippen molar-refractivity contribution in [3.05, 3.63) is 17.5 Å². The minimum absolute atomic E-state index is 0.287. The molecule has 0 bridgehead atoms. The maximum Gasteiger partial charge on any atom is 0.306 e. The monoisotopic (exact) mass is 224 g/mol. The van der Waals surface area contributed by atoms with Crippen LogP contribution in [0.1, 0.15) is 38.6 Å². The van der Waals surface area contributed by atoms with Gasteiger partial charge in [-0.15, -0.1) is 0 Å². The van der Waals surface area contributed by atoms with E-state index >= 15 is 0 Å². The molecule has 90 valence electrons. The first-order valence-electron chi connectivity index (χ1n) is 5.86. The number of hydrogen-bond acceptors (Lipinski definition) is 2. The average Bonchev–Trinajstić information content (AvgIpc) is 2.68. The first kappa shape index (κ1) is 12.7. The lowest BCUT2D eigenvalue weighted by atomic mass is 10.0. The Balaban J connectivity index is 2.65. The molecule has 0 aromatic carbocycles. The van der Waals surface area contributed by atoms with Gasteiger partial charge in [0.2, 0.25) is 0 Å². The van der Waals surface area contributed by atoms with Crippen LogP contribution in [0.25, 0.3) is 0 Å². The second kappa shape index (κ2) is 5.68. The van der Waals surface area contributed by atoms with Gasteiger partial charge in [0.05, 0.1) is 11.6 Å². The van der Waals surface area contributed by atoms with Crippen LogP contribution in [0.15, 0.2) is 6.07 Å². The van der Waals surface area contributed by atoms with Crippen molar-refractivity contribution in [3.63, 3.8) is 0 Å². The smallest absolute Gasteiger partial charge is 0.306 e. The highest BCUT2D eigenvalue weighted by atomic mass is 16.4. The Morgan fingerprint density at radius 3 is 2.75 bits per heavy atom. The number of carboxylic acids is 1. The van der Waals surface area contributed by atoms with E-state index in [1.54, 1.807) is 6.92 Å². The minimum atomic E-state index is -0.724. The van der Waals surface area contributed by atoms with Crippen LogP contribution in [0.2, 0.25) is 0 Å². The van der Waals surface area contributed by atoms with Gasteiger partial charge in [0.15, 0.2) is 0 Å². The first-order chi connectivity index (χ1) is 7.58.